The molecule has 2 N–H and O–H groups in total. The van der Waals surface area contributed by atoms with Crippen molar-refractivity contribution in [3.05, 3.63) is 47.5 Å². The third-order valence-corrected chi connectivity index (χ3v) is 9.62. The van der Waals surface area contributed by atoms with Crippen molar-refractivity contribution in [3.63, 3.8) is 0 Å². The quantitative estimate of drug-likeness (QED) is 0.100. The van der Waals surface area contributed by atoms with E-state index in [0.717, 1.165) is 23.8 Å². The first-order valence-electron chi connectivity index (χ1n) is 17.4. The fraction of sp³-hybridized carbons (Fsp3) is 0.676. The van der Waals surface area contributed by atoms with Gasteiger partial charge in [-0.25, -0.2) is 0 Å². The second-order valence-electron chi connectivity index (χ2n) is 12.8. The molecule has 2 aromatic rings. The lowest BCUT2D eigenvalue weighted by Crippen LogP contribution is -2.29. The molecule has 3 rings (SSSR count). The van der Waals surface area contributed by atoms with Gasteiger partial charge in [0.15, 0.2) is 0 Å². The topological polar surface area (TPSA) is 40.5 Å². The number of unbranched alkanes of at least 4 members (excludes halogenated alkanes) is 18. The highest BCUT2D eigenvalue weighted by atomic mass is 16.2. The Labute approximate surface area is 254 Å². The van der Waals surface area contributed by atoms with Crippen LogP contribution in [0.5, 0.6) is 0 Å². The molecule has 4 heteroatoms. The number of hydrogen-bond donors (Lipinski definition) is 2. The van der Waals surface area contributed by atoms with Crippen molar-refractivity contribution in [1.82, 2.24) is 0 Å². The van der Waals surface area contributed by atoms with Crippen molar-refractivity contribution in [1.29, 1.82) is 0 Å². The first-order chi connectivity index (χ1) is 20.2. The summed E-state index contributed by atoms with van der Waals surface area (Å²) in [6.45, 7) is 4.58. The monoisotopic (exact) mass is 556 g/mol. The molecule has 0 amide bonds. The maximum Gasteiger partial charge on any atom is 0.326 e. The Morgan fingerprint density at radius 2 is 0.780 bits per heavy atom. The fourth-order valence-electron chi connectivity index (χ4n) is 7.18. The predicted octanol–water partition coefficient (Wildman–Crippen LogP) is 9.05. The van der Waals surface area contributed by atoms with Gasteiger partial charge in [-0.1, -0.05) is 190 Å². The van der Waals surface area contributed by atoms with Crippen LogP contribution in [0.3, 0.4) is 0 Å². The van der Waals surface area contributed by atoms with Gasteiger partial charge in [0.25, 0.3) is 0 Å². The van der Waals surface area contributed by atoms with Crippen molar-refractivity contribution in [2.24, 2.45) is 0 Å². The van der Waals surface area contributed by atoms with E-state index in [1.807, 2.05) is 12.1 Å². The Hall–Kier alpha value is -1.51. The molecule has 0 saturated heterocycles. The van der Waals surface area contributed by atoms with E-state index < -0.39 is 0 Å². The molecule has 2 radical (unpaired) electrons. The van der Waals surface area contributed by atoms with E-state index in [1.54, 1.807) is 0 Å². The fourth-order valence-corrected chi connectivity index (χ4v) is 7.18. The number of hydrogen-bond acceptors (Lipinski definition) is 2. The SMILES string of the molecule is CCCCCCCCCCCCC1(CCCCCCCCCCCC)c2cc([B]O)ccc2-c2ccc([B]O)cc21. The van der Waals surface area contributed by atoms with Gasteiger partial charge in [-0.2, -0.15) is 0 Å². The van der Waals surface area contributed by atoms with Gasteiger partial charge in [-0.05, 0) is 35.1 Å². The van der Waals surface area contributed by atoms with Crippen LogP contribution < -0.4 is 10.9 Å². The summed E-state index contributed by atoms with van der Waals surface area (Å²) in [5, 5.41) is 19.8. The van der Waals surface area contributed by atoms with E-state index in [0.29, 0.717) is 0 Å². The van der Waals surface area contributed by atoms with Crippen LogP contribution in [0.2, 0.25) is 0 Å². The Morgan fingerprint density at radius 3 is 1.10 bits per heavy atom. The maximum atomic E-state index is 9.90. The lowest BCUT2D eigenvalue weighted by Gasteiger charge is -2.33. The second kappa shape index (κ2) is 19.6. The first kappa shape index (κ1) is 34.0. The highest BCUT2D eigenvalue weighted by molar-refractivity contribution is 6.46. The minimum Gasteiger partial charge on any atom is -0.450 e. The Balaban J connectivity index is 1.65. The lowest BCUT2D eigenvalue weighted by atomic mass is 9.68. The molecule has 0 spiro atoms. The molecule has 2 aromatic carbocycles. The van der Waals surface area contributed by atoms with Crippen LogP contribution in [0, 0.1) is 0 Å². The van der Waals surface area contributed by atoms with Crippen LogP contribution in [-0.4, -0.2) is 25.0 Å². The zero-order valence-electron chi connectivity index (χ0n) is 26.6. The van der Waals surface area contributed by atoms with Gasteiger partial charge in [-0.3, -0.25) is 0 Å². The van der Waals surface area contributed by atoms with E-state index in [9.17, 15) is 10.0 Å². The van der Waals surface area contributed by atoms with Crippen LogP contribution in [0.25, 0.3) is 11.1 Å². The third kappa shape index (κ3) is 10.3. The highest BCUT2D eigenvalue weighted by Crippen LogP contribution is 2.53. The Bertz CT molecular complexity index is 909. The Kier molecular flexibility index (Phi) is 16.3. The minimum absolute atomic E-state index is 0.0387. The highest BCUT2D eigenvalue weighted by Gasteiger charge is 2.42. The lowest BCUT2D eigenvalue weighted by molar-refractivity contribution is 0.397. The van der Waals surface area contributed by atoms with Crippen LogP contribution in [0.1, 0.15) is 166 Å². The predicted molar refractivity (Wildman–Crippen MR) is 181 cm³/mol. The molecule has 0 aromatic heterocycles. The van der Waals surface area contributed by atoms with Crippen molar-refractivity contribution < 1.29 is 10.0 Å². The second-order valence-corrected chi connectivity index (χ2v) is 12.8. The minimum atomic E-state index is -0.0387. The van der Waals surface area contributed by atoms with Crippen molar-refractivity contribution in [3.8, 4) is 11.1 Å². The molecule has 224 valence electrons. The van der Waals surface area contributed by atoms with Gasteiger partial charge in [0, 0.05) is 5.41 Å². The standard InChI is InChI=1S/C37H58B2O2/c1-3-5-7-9-11-13-15-17-19-21-27-37(28-22-20-18-16-14-12-10-8-6-4-2)35-29-31(38-40)23-25-33(35)34-26-24-32(39-41)30-36(34)37/h23-26,29-30,40-41H,3-22,27-28H2,1-2H3. The number of rotatable bonds is 24. The summed E-state index contributed by atoms with van der Waals surface area (Å²) >= 11 is 0. The third-order valence-electron chi connectivity index (χ3n) is 9.62. The zero-order chi connectivity index (χ0) is 29.2. The molecule has 0 saturated carbocycles. The van der Waals surface area contributed by atoms with Crippen molar-refractivity contribution >= 4 is 25.9 Å². The molecule has 0 fully saturated rings. The number of benzene rings is 2. The first-order valence-corrected chi connectivity index (χ1v) is 17.4. The molecular formula is C37H58B2O2. The molecule has 41 heavy (non-hydrogen) atoms. The summed E-state index contributed by atoms with van der Waals surface area (Å²) in [7, 11) is 2.50. The summed E-state index contributed by atoms with van der Waals surface area (Å²) in [6, 6.07) is 13.0. The van der Waals surface area contributed by atoms with Gasteiger partial charge in [0.2, 0.25) is 0 Å². The average Bonchev–Trinajstić information content (AvgIpc) is 3.27. The van der Waals surface area contributed by atoms with Crippen molar-refractivity contribution in [2.45, 2.75) is 161 Å². The van der Waals surface area contributed by atoms with Gasteiger partial charge in [-0.15, -0.1) is 0 Å². The average molecular weight is 556 g/mol. The van der Waals surface area contributed by atoms with Crippen LogP contribution in [-0.2, 0) is 5.41 Å². The van der Waals surface area contributed by atoms with Gasteiger partial charge in [0.05, 0.1) is 0 Å². The molecular weight excluding hydrogens is 498 g/mol. The summed E-state index contributed by atoms with van der Waals surface area (Å²) in [6.07, 6.45) is 29.3. The molecule has 2 nitrogen and oxygen atoms in total. The van der Waals surface area contributed by atoms with Crippen LogP contribution in [0.4, 0.5) is 0 Å². The molecule has 0 bridgehead atoms. The normalized spacial score (nSPS) is 13.3. The summed E-state index contributed by atoms with van der Waals surface area (Å²) < 4.78 is 0. The van der Waals surface area contributed by atoms with Gasteiger partial charge < -0.3 is 10.0 Å². The summed E-state index contributed by atoms with van der Waals surface area (Å²) in [4.78, 5) is 0. The largest absolute Gasteiger partial charge is 0.450 e. The van der Waals surface area contributed by atoms with E-state index >= 15 is 0 Å². The van der Waals surface area contributed by atoms with E-state index in [1.165, 1.54) is 166 Å². The van der Waals surface area contributed by atoms with Crippen molar-refractivity contribution in [2.75, 3.05) is 0 Å². The zero-order valence-corrected chi connectivity index (χ0v) is 26.6. The molecule has 1 aliphatic rings. The smallest absolute Gasteiger partial charge is 0.326 e. The van der Waals surface area contributed by atoms with Gasteiger partial charge in [0.1, 0.15) is 0 Å². The van der Waals surface area contributed by atoms with Gasteiger partial charge >= 0.3 is 15.0 Å². The molecule has 0 atom stereocenters. The van der Waals surface area contributed by atoms with E-state index in [2.05, 4.69) is 38.1 Å². The summed E-state index contributed by atoms with van der Waals surface area (Å²) in [5.41, 5.74) is 7.14. The van der Waals surface area contributed by atoms with Crippen LogP contribution in [0.15, 0.2) is 36.4 Å². The molecule has 1 aliphatic carbocycles. The Morgan fingerprint density at radius 1 is 0.463 bits per heavy atom. The van der Waals surface area contributed by atoms with E-state index in [-0.39, 0.29) is 5.41 Å². The summed E-state index contributed by atoms with van der Waals surface area (Å²) in [5.74, 6) is 0. The molecule has 0 unspecified atom stereocenters. The number of fused-ring (bicyclic) bond motifs is 3. The van der Waals surface area contributed by atoms with Crippen LogP contribution >= 0.6 is 0 Å². The molecule has 0 aliphatic heterocycles. The van der Waals surface area contributed by atoms with E-state index in [4.69, 9.17) is 0 Å². The molecule has 0 heterocycles. The maximum absolute atomic E-state index is 9.90.